The Morgan fingerprint density at radius 2 is 1.16 bits per heavy atom. The maximum atomic E-state index is 15.9. The van der Waals surface area contributed by atoms with Crippen LogP contribution in [0.2, 0.25) is 0 Å². The first-order valence-electron chi connectivity index (χ1n) is 35.2. The monoisotopic (exact) mass is 1460 g/mol. The highest BCUT2D eigenvalue weighted by molar-refractivity contribution is 5.87. The minimum absolute atomic E-state index is 0.00308. The van der Waals surface area contributed by atoms with Gasteiger partial charge in [0.25, 0.3) is 0 Å². The molecule has 32 heteroatoms. The third-order valence-corrected chi connectivity index (χ3v) is 25.2. The van der Waals surface area contributed by atoms with E-state index < -0.39 is 236 Å². The number of carboxylic acid groups (broad SMARTS) is 1. The number of benzene rings is 1. The molecule has 0 radical (unpaired) electrons. The highest BCUT2D eigenvalue weighted by atomic mass is 16.8. The molecule has 5 aliphatic heterocycles. The lowest BCUT2D eigenvalue weighted by atomic mass is 9.33. The summed E-state index contributed by atoms with van der Waals surface area (Å²) in [4.78, 5) is 43.6. The van der Waals surface area contributed by atoms with Gasteiger partial charge in [-0.3, -0.25) is 9.59 Å². The van der Waals surface area contributed by atoms with E-state index in [1.54, 1.807) is 18.2 Å². The molecule has 1 aromatic rings. The van der Waals surface area contributed by atoms with Crippen molar-refractivity contribution in [3.63, 3.8) is 0 Å². The molecule has 1 aromatic carbocycles. The van der Waals surface area contributed by atoms with Crippen molar-refractivity contribution in [2.45, 2.75) is 266 Å². The van der Waals surface area contributed by atoms with E-state index >= 15 is 4.79 Å². The number of rotatable bonds is 19. The second-order valence-corrected chi connectivity index (χ2v) is 31.3. The van der Waals surface area contributed by atoms with Crippen molar-refractivity contribution < 1.29 is 158 Å². The van der Waals surface area contributed by atoms with Crippen molar-refractivity contribution in [2.75, 3.05) is 40.6 Å². The fourth-order valence-corrected chi connectivity index (χ4v) is 19.3. The number of methoxy groups -OCH3 is 2. The van der Waals surface area contributed by atoms with Crippen LogP contribution < -0.4 is 9.47 Å². The van der Waals surface area contributed by atoms with E-state index in [4.69, 9.17) is 61.6 Å². The van der Waals surface area contributed by atoms with Gasteiger partial charge in [-0.25, -0.2) is 4.79 Å². The van der Waals surface area contributed by atoms with Crippen molar-refractivity contribution >= 4 is 24.0 Å². The maximum absolute atomic E-state index is 15.9. The summed E-state index contributed by atoms with van der Waals surface area (Å²) >= 11 is 0. The van der Waals surface area contributed by atoms with E-state index in [1.807, 2.05) is 6.92 Å². The van der Waals surface area contributed by atoms with Crippen LogP contribution in [0.3, 0.4) is 0 Å². The first-order chi connectivity index (χ1) is 48.0. The SMILES string of the molecule is COc1ccc(/C=C/C(=O)O[C@H]2[C@@H](O)[C@H](O[C@H]3O[C@H](C)[C@@H](O[C@@H]4OC[C@@H](O[C@@H]5O[C@H](CO)[C@H](O)[C@H](O)[C@H]5O)[C@H](O)[C@H]4O)[C@H](O)[C@@H]3O)[C@@H](OC(=O)[C@]34CCC(C)(C)C[C@H]3C3=CC[C@@H]5[C@@]6(C)C[C@H](O)[C@H](O[C@@H]7O[C@H](CO)[C@@H](O)[C@H](O)[C@H]7O)[C@@](C)(C(=O)O)[C@@H]6CC[C@@]5(C)[C@]3(CO)CC4)O[C@H]2C)cc1OC. The molecular weight excluding hydrogens is 1350 g/mol. The van der Waals surface area contributed by atoms with E-state index in [-0.39, 0.29) is 50.0 Å². The van der Waals surface area contributed by atoms with E-state index in [2.05, 4.69) is 26.8 Å². The number of carbonyl (C=O) groups excluding carboxylic acids is 2. The van der Waals surface area contributed by atoms with Gasteiger partial charge in [-0.2, -0.15) is 0 Å². The zero-order valence-electron chi connectivity index (χ0n) is 58.6. The lowest BCUT2D eigenvalue weighted by molar-refractivity contribution is -0.378. The Bertz CT molecular complexity index is 3190. The molecule has 10 aliphatic rings. The van der Waals surface area contributed by atoms with E-state index in [0.29, 0.717) is 42.7 Å². The van der Waals surface area contributed by atoms with Crippen molar-refractivity contribution in [1.29, 1.82) is 0 Å². The van der Waals surface area contributed by atoms with Gasteiger partial charge in [-0.1, -0.05) is 45.4 Å². The number of allylic oxidation sites excluding steroid dienone is 1. The van der Waals surface area contributed by atoms with Crippen LogP contribution in [0.5, 0.6) is 11.5 Å². The minimum atomic E-state index is -2.08. The average Bonchev–Trinajstić information content (AvgIpc) is 0.669. The molecule has 5 heterocycles. The molecule has 0 bridgehead atoms. The molecule has 34 atom stereocenters. The molecule has 0 unspecified atom stereocenters. The molecule has 9 fully saturated rings. The van der Waals surface area contributed by atoms with Gasteiger partial charge in [0.15, 0.2) is 48.9 Å². The van der Waals surface area contributed by atoms with E-state index in [1.165, 1.54) is 41.1 Å². The summed E-state index contributed by atoms with van der Waals surface area (Å²) in [6.07, 6.45) is -37.1. The van der Waals surface area contributed by atoms with Crippen molar-refractivity contribution in [3.05, 3.63) is 41.5 Å². The second-order valence-electron chi connectivity index (χ2n) is 31.3. The third kappa shape index (κ3) is 13.6. The summed E-state index contributed by atoms with van der Waals surface area (Å²) in [5, 5.41) is 178. The number of fused-ring (bicyclic) bond motifs is 7. The smallest absolute Gasteiger partial charge is 0.331 e. The van der Waals surface area contributed by atoms with E-state index in [9.17, 15) is 91.3 Å². The van der Waals surface area contributed by atoms with E-state index in [0.717, 1.165) is 11.6 Å². The molecular formula is C70H104O32. The molecule has 576 valence electrons. The molecule has 0 spiro atoms. The molecule has 0 aromatic heterocycles. The van der Waals surface area contributed by atoms with Crippen molar-refractivity contribution in [1.82, 2.24) is 0 Å². The third-order valence-electron chi connectivity index (χ3n) is 25.2. The van der Waals surface area contributed by atoms with Gasteiger partial charge in [-0.15, -0.1) is 0 Å². The van der Waals surface area contributed by atoms with Gasteiger partial charge in [0.1, 0.15) is 97.7 Å². The van der Waals surface area contributed by atoms with Crippen molar-refractivity contribution in [2.24, 2.45) is 50.2 Å². The highest BCUT2D eigenvalue weighted by Gasteiger charge is 2.74. The van der Waals surface area contributed by atoms with Crippen LogP contribution in [0.1, 0.15) is 112 Å². The summed E-state index contributed by atoms with van der Waals surface area (Å²) in [6.45, 7) is 10.1. The average molecular weight is 1460 g/mol. The summed E-state index contributed by atoms with van der Waals surface area (Å²) < 4.78 is 76.7. The normalized spacial score (nSPS) is 48.6. The van der Waals surface area contributed by atoms with Crippen molar-refractivity contribution in [3.8, 4) is 11.5 Å². The highest BCUT2D eigenvalue weighted by Crippen LogP contribution is 2.76. The molecule has 11 rings (SSSR count). The fraction of sp³-hybridized carbons (Fsp3) is 0.814. The van der Waals surface area contributed by atoms with Gasteiger partial charge in [0.05, 0.1) is 69.8 Å². The predicted molar refractivity (Wildman–Crippen MR) is 344 cm³/mol. The number of aliphatic hydroxyl groups is 15. The number of esters is 2. The molecule has 5 saturated heterocycles. The Morgan fingerprint density at radius 3 is 1.77 bits per heavy atom. The zero-order chi connectivity index (χ0) is 74.4. The van der Waals surface area contributed by atoms with Gasteiger partial charge in [0, 0.05) is 11.5 Å². The number of aliphatic hydroxyl groups excluding tert-OH is 15. The number of hydrogen-bond donors (Lipinski definition) is 16. The van der Waals surface area contributed by atoms with Crippen LogP contribution in [0, 0.1) is 50.2 Å². The number of hydrogen-bond acceptors (Lipinski definition) is 31. The summed E-state index contributed by atoms with van der Waals surface area (Å²) in [5.74, 6) is -3.91. The number of aliphatic carboxylic acids is 1. The van der Waals surface area contributed by atoms with Crippen LogP contribution in [0.25, 0.3) is 6.08 Å². The zero-order valence-corrected chi connectivity index (χ0v) is 58.6. The van der Waals surface area contributed by atoms with Crippen LogP contribution in [0.15, 0.2) is 35.9 Å². The molecule has 0 amide bonds. The number of carbonyl (C=O) groups is 3. The summed E-state index contributed by atoms with van der Waals surface area (Å²) in [7, 11) is 2.90. The Labute approximate surface area is 589 Å². The molecule has 4 saturated carbocycles. The van der Waals surface area contributed by atoms with Crippen LogP contribution >= 0.6 is 0 Å². The largest absolute Gasteiger partial charge is 0.493 e. The van der Waals surface area contributed by atoms with Gasteiger partial charge >= 0.3 is 17.9 Å². The van der Waals surface area contributed by atoms with Crippen LogP contribution in [-0.4, -0.2) is 300 Å². The molecule has 5 aliphatic carbocycles. The lowest BCUT2D eigenvalue weighted by Crippen LogP contribution is -2.71. The summed E-state index contributed by atoms with van der Waals surface area (Å²) in [6, 6.07) is 4.88. The molecule has 102 heavy (non-hydrogen) atoms. The maximum Gasteiger partial charge on any atom is 0.331 e. The standard InChI is InChI=1S/C70H104O32/c1-29-54(99-58-49(82)45(78)39(27-92-58)97-60-50(83)46(79)43(76)37(25-71)95-60)48(81)52(85)59(93-29)100-56-53(86)55(98-42(75)15-11-31-10-13-35(90-8)36(22-31)91-9)30(2)94-62(56)102-64(89)69-19-18-65(3,4)23-33(69)32-12-14-40-66(5)24-34(74)57(101-61-51(84)47(80)44(77)38(26-72)96-61)68(7,63(87)88)41(66)16-17-67(40,6)70(32,28-73)21-20-69/h10-13,15,22,29-30,33-34,37-41,43-62,71-74,76-86H,14,16-21,23-28H2,1-9H3,(H,87,88)/b15-11+/t29-,30+,33+,34+,37-,38-,39-,40-,41-,43+,44-,45+,46+,47+,48-,49-,50-,51-,52+,53-,54-,55-,56+,57+,58+,59-,60+,61+,62-,66-,67-,68+,69+,70+/m1/s1. The Balaban J connectivity index is 0.850. The Morgan fingerprint density at radius 1 is 0.578 bits per heavy atom. The first-order valence-corrected chi connectivity index (χ1v) is 35.2. The minimum Gasteiger partial charge on any atom is -0.493 e. The van der Waals surface area contributed by atoms with Crippen LogP contribution in [-0.2, 0) is 66.5 Å². The first kappa shape index (κ1) is 78.8. The lowest BCUT2D eigenvalue weighted by Gasteiger charge is -2.71. The number of ether oxygens (including phenoxy) is 13. The Hall–Kier alpha value is -4.25. The van der Waals surface area contributed by atoms with Gasteiger partial charge in [-0.05, 0) is 136 Å². The quantitative estimate of drug-likeness (QED) is 0.0302. The molecule has 32 nitrogen and oxygen atoms in total. The van der Waals surface area contributed by atoms with Gasteiger partial charge < -0.3 is 143 Å². The fourth-order valence-electron chi connectivity index (χ4n) is 19.3. The van der Waals surface area contributed by atoms with Crippen LogP contribution in [0.4, 0.5) is 0 Å². The molecule has 16 N–H and O–H groups in total. The second kappa shape index (κ2) is 30.1. The topological polar surface area (TPSA) is 495 Å². The Kier molecular flexibility index (Phi) is 23.2. The number of carboxylic acids is 1. The predicted octanol–water partition coefficient (Wildman–Crippen LogP) is -2.23. The summed E-state index contributed by atoms with van der Waals surface area (Å²) in [5.41, 5.74) is -5.03. The van der Waals surface area contributed by atoms with Gasteiger partial charge in [0.2, 0.25) is 6.29 Å².